The van der Waals surface area contributed by atoms with E-state index in [2.05, 4.69) is 22.3 Å². The van der Waals surface area contributed by atoms with Crippen LogP contribution < -0.4 is 5.56 Å². The van der Waals surface area contributed by atoms with E-state index in [1.807, 2.05) is 26.0 Å². The van der Waals surface area contributed by atoms with E-state index in [0.29, 0.717) is 5.92 Å². The van der Waals surface area contributed by atoms with Crippen LogP contribution >= 0.6 is 0 Å². The maximum absolute atomic E-state index is 13.0. The van der Waals surface area contributed by atoms with Crippen LogP contribution in [0.4, 0.5) is 0 Å². The molecule has 1 aromatic carbocycles. The van der Waals surface area contributed by atoms with E-state index in [1.54, 1.807) is 16.7 Å². The fraction of sp³-hybridized carbons (Fsp3) is 0.261. The first-order valence-electron chi connectivity index (χ1n) is 9.72. The van der Waals surface area contributed by atoms with Gasteiger partial charge in [-0.3, -0.25) is 14.3 Å². The van der Waals surface area contributed by atoms with Crippen LogP contribution in [0.3, 0.4) is 0 Å². The molecule has 29 heavy (non-hydrogen) atoms. The smallest absolute Gasteiger partial charge is 0.343 e. The normalized spacial score (nSPS) is 13.9. The van der Waals surface area contributed by atoms with Gasteiger partial charge in [-0.05, 0) is 79.1 Å². The molecule has 3 heterocycles. The molecule has 1 fully saturated rings. The number of nitrogens with zero attached hydrogens (tertiary/aromatic N) is 2. The summed E-state index contributed by atoms with van der Waals surface area (Å²) in [5.41, 5.74) is 6.83. The third-order valence-corrected chi connectivity index (χ3v) is 5.89. The van der Waals surface area contributed by atoms with Gasteiger partial charge in [-0.2, -0.15) is 5.10 Å². The van der Waals surface area contributed by atoms with Crippen molar-refractivity contribution < 1.29 is 9.53 Å². The van der Waals surface area contributed by atoms with Gasteiger partial charge in [-0.1, -0.05) is 6.07 Å². The standard InChI is InChI=1S/C23H21N3O3/c1-12-16(15-6-7-20-17(10-15)13(2)24-25-20)8-9-26-21(12)18(14-4-5-14)11-19(22(26)27)23(28)29-3/h6-11,14H,4-5H2,1-3H3,(H,24,25). The lowest BCUT2D eigenvalue weighted by atomic mass is 9.96. The van der Waals surface area contributed by atoms with Crippen molar-refractivity contribution in [1.29, 1.82) is 0 Å². The van der Waals surface area contributed by atoms with Crippen molar-refractivity contribution in [3.8, 4) is 11.1 Å². The monoisotopic (exact) mass is 387 g/mol. The first-order valence-corrected chi connectivity index (χ1v) is 9.72. The van der Waals surface area contributed by atoms with Gasteiger partial charge in [0.05, 0.1) is 18.1 Å². The van der Waals surface area contributed by atoms with Gasteiger partial charge in [-0.15, -0.1) is 0 Å². The van der Waals surface area contributed by atoms with E-state index in [4.69, 9.17) is 4.74 Å². The molecule has 0 radical (unpaired) electrons. The zero-order valence-electron chi connectivity index (χ0n) is 16.6. The van der Waals surface area contributed by atoms with E-state index < -0.39 is 5.97 Å². The Morgan fingerprint density at radius 1 is 1.21 bits per heavy atom. The Kier molecular flexibility index (Phi) is 3.84. The van der Waals surface area contributed by atoms with Gasteiger partial charge in [-0.25, -0.2) is 4.79 Å². The van der Waals surface area contributed by atoms with Crippen LogP contribution in [0.1, 0.15) is 45.9 Å². The zero-order valence-corrected chi connectivity index (χ0v) is 16.6. The third kappa shape index (κ3) is 2.67. The van der Waals surface area contributed by atoms with Crippen molar-refractivity contribution in [3.05, 3.63) is 69.3 Å². The number of hydrogen-bond donors (Lipinski definition) is 1. The average Bonchev–Trinajstić information content (AvgIpc) is 3.51. The van der Waals surface area contributed by atoms with Gasteiger partial charge in [0, 0.05) is 17.3 Å². The highest BCUT2D eigenvalue weighted by Crippen LogP contribution is 2.43. The van der Waals surface area contributed by atoms with Gasteiger partial charge >= 0.3 is 5.97 Å². The lowest BCUT2D eigenvalue weighted by Gasteiger charge is -2.16. The second kappa shape index (κ2) is 6.30. The molecule has 1 N–H and O–H groups in total. The summed E-state index contributed by atoms with van der Waals surface area (Å²) < 4.78 is 6.43. The lowest BCUT2D eigenvalue weighted by molar-refractivity contribution is 0.0598. The molecule has 6 heteroatoms. The highest BCUT2D eigenvalue weighted by Gasteiger charge is 2.29. The summed E-state index contributed by atoms with van der Waals surface area (Å²) in [4.78, 5) is 25.1. The summed E-state index contributed by atoms with van der Waals surface area (Å²) in [5, 5.41) is 8.41. The number of aromatic nitrogens is 3. The van der Waals surface area contributed by atoms with Crippen LogP contribution in [0.2, 0.25) is 0 Å². The highest BCUT2D eigenvalue weighted by molar-refractivity contribution is 5.91. The number of aryl methyl sites for hydroxylation is 2. The van der Waals surface area contributed by atoms with Crippen LogP contribution in [0.25, 0.3) is 27.5 Å². The number of rotatable bonds is 3. The van der Waals surface area contributed by atoms with Crippen molar-refractivity contribution in [2.24, 2.45) is 0 Å². The van der Waals surface area contributed by atoms with E-state index >= 15 is 0 Å². The SMILES string of the molecule is COC(=O)c1cc(C2CC2)c2c(C)c(-c3ccc4n[nH]c(C)c4c3)ccn2c1=O. The van der Waals surface area contributed by atoms with Crippen molar-refractivity contribution in [1.82, 2.24) is 14.6 Å². The number of fused-ring (bicyclic) bond motifs is 2. The molecule has 4 aromatic rings. The van der Waals surface area contributed by atoms with E-state index in [9.17, 15) is 9.59 Å². The Labute approximate surface area is 167 Å². The molecule has 5 rings (SSSR count). The Balaban J connectivity index is 1.79. The number of nitrogens with one attached hydrogen (secondary N) is 1. The van der Waals surface area contributed by atoms with Gasteiger partial charge < -0.3 is 4.74 Å². The lowest BCUT2D eigenvalue weighted by Crippen LogP contribution is -2.24. The molecule has 3 aromatic heterocycles. The second-order valence-corrected chi connectivity index (χ2v) is 7.74. The first kappa shape index (κ1) is 17.7. The number of methoxy groups -OCH3 is 1. The number of ether oxygens (including phenoxy) is 1. The number of benzene rings is 1. The molecule has 0 unspecified atom stereocenters. The molecule has 0 amide bonds. The molecular formula is C23H21N3O3. The van der Waals surface area contributed by atoms with E-state index in [-0.39, 0.29) is 11.1 Å². The Morgan fingerprint density at radius 3 is 2.72 bits per heavy atom. The van der Waals surface area contributed by atoms with Crippen molar-refractivity contribution >= 4 is 22.4 Å². The Hall–Kier alpha value is -3.41. The molecule has 1 saturated carbocycles. The summed E-state index contributed by atoms with van der Waals surface area (Å²) in [6.45, 7) is 4.05. The molecule has 0 spiro atoms. The van der Waals surface area contributed by atoms with Crippen LogP contribution in [-0.2, 0) is 4.74 Å². The average molecular weight is 387 g/mol. The van der Waals surface area contributed by atoms with Crippen molar-refractivity contribution in [3.63, 3.8) is 0 Å². The zero-order chi connectivity index (χ0) is 20.3. The largest absolute Gasteiger partial charge is 0.465 e. The fourth-order valence-electron chi connectivity index (χ4n) is 4.18. The number of pyridine rings is 2. The van der Waals surface area contributed by atoms with Gasteiger partial charge in [0.1, 0.15) is 5.56 Å². The third-order valence-electron chi connectivity index (χ3n) is 5.89. The molecule has 6 nitrogen and oxygen atoms in total. The maximum atomic E-state index is 13.0. The minimum Gasteiger partial charge on any atom is -0.465 e. The van der Waals surface area contributed by atoms with Gasteiger partial charge in [0.25, 0.3) is 5.56 Å². The van der Waals surface area contributed by atoms with Crippen LogP contribution in [0.5, 0.6) is 0 Å². The number of aromatic amines is 1. The van der Waals surface area contributed by atoms with Gasteiger partial charge in [0.15, 0.2) is 0 Å². The quantitative estimate of drug-likeness (QED) is 0.537. The first-order chi connectivity index (χ1) is 14.0. The summed E-state index contributed by atoms with van der Waals surface area (Å²) in [5.74, 6) is -0.213. The van der Waals surface area contributed by atoms with Crippen molar-refractivity contribution in [2.75, 3.05) is 7.11 Å². The predicted octanol–water partition coefficient (Wildman–Crippen LogP) is 4.12. The number of H-pyrrole nitrogens is 1. The molecule has 146 valence electrons. The van der Waals surface area contributed by atoms with Crippen LogP contribution in [0.15, 0.2) is 41.3 Å². The maximum Gasteiger partial charge on any atom is 0.343 e. The van der Waals surface area contributed by atoms with Crippen molar-refractivity contribution in [2.45, 2.75) is 32.6 Å². The Morgan fingerprint density at radius 2 is 2.00 bits per heavy atom. The van der Waals surface area contributed by atoms with Crippen LogP contribution in [-0.4, -0.2) is 27.7 Å². The second-order valence-electron chi connectivity index (χ2n) is 7.74. The molecule has 0 atom stereocenters. The summed E-state index contributed by atoms with van der Waals surface area (Å²) in [7, 11) is 1.30. The molecular weight excluding hydrogens is 366 g/mol. The molecule has 0 bridgehead atoms. The number of carbonyl (C=O) groups excluding carboxylic acids is 1. The van der Waals surface area contributed by atoms with E-state index in [0.717, 1.165) is 57.2 Å². The predicted molar refractivity (Wildman–Crippen MR) is 112 cm³/mol. The minimum atomic E-state index is -0.589. The topological polar surface area (TPSA) is 76.5 Å². The summed E-state index contributed by atoms with van der Waals surface area (Å²) >= 11 is 0. The number of carbonyl (C=O) groups is 1. The molecule has 0 saturated heterocycles. The molecule has 1 aliphatic carbocycles. The van der Waals surface area contributed by atoms with Gasteiger partial charge in [0.2, 0.25) is 0 Å². The Bertz CT molecular complexity index is 1360. The summed E-state index contributed by atoms with van der Waals surface area (Å²) in [6.07, 6.45) is 3.90. The van der Waals surface area contributed by atoms with E-state index in [1.165, 1.54) is 7.11 Å². The van der Waals surface area contributed by atoms with Crippen LogP contribution in [0, 0.1) is 13.8 Å². The number of hydrogen-bond acceptors (Lipinski definition) is 4. The number of esters is 1. The fourth-order valence-corrected chi connectivity index (χ4v) is 4.18. The molecule has 0 aliphatic heterocycles. The highest BCUT2D eigenvalue weighted by atomic mass is 16.5. The molecule has 1 aliphatic rings. The summed E-state index contributed by atoms with van der Waals surface area (Å²) in [6, 6.07) is 9.87. The minimum absolute atomic E-state index is 0.0921.